The third kappa shape index (κ3) is 4.45. The number of hydrogen-bond acceptors (Lipinski definition) is 5. The molecule has 2 aromatic rings. The number of anilines is 1. The molecular formula is C17H19N3O4. The van der Waals surface area contributed by atoms with E-state index in [0.717, 1.165) is 11.3 Å². The van der Waals surface area contributed by atoms with Crippen LogP contribution in [0.5, 0.6) is 5.75 Å². The number of carbonyl (C=O) groups excluding carboxylic acids is 1. The Labute approximate surface area is 139 Å². The normalized spacial score (nSPS) is 10.1. The van der Waals surface area contributed by atoms with Crippen molar-refractivity contribution in [3.8, 4) is 5.75 Å². The second kappa shape index (κ2) is 7.96. The number of benzene rings is 1. The van der Waals surface area contributed by atoms with E-state index in [1.807, 2.05) is 13.0 Å². The van der Waals surface area contributed by atoms with Crippen molar-refractivity contribution in [1.82, 2.24) is 10.3 Å². The number of carboxylic acid groups (broad SMARTS) is 1. The van der Waals surface area contributed by atoms with E-state index < -0.39 is 5.97 Å². The van der Waals surface area contributed by atoms with Crippen LogP contribution < -0.4 is 15.4 Å². The molecule has 0 saturated heterocycles. The van der Waals surface area contributed by atoms with Crippen LogP contribution in [0.15, 0.2) is 36.7 Å². The van der Waals surface area contributed by atoms with E-state index in [0.29, 0.717) is 18.8 Å². The Morgan fingerprint density at radius 1 is 1.21 bits per heavy atom. The molecule has 1 aromatic carbocycles. The minimum atomic E-state index is -1.11. The van der Waals surface area contributed by atoms with Gasteiger partial charge in [0.25, 0.3) is 5.91 Å². The maximum Gasteiger partial charge on any atom is 0.335 e. The van der Waals surface area contributed by atoms with Gasteiger partial charge in [0.15, 0.2) is 0 Å². The second-order valence-electron chi connectivity index (χ2n) is 5.13. The molecule has 0 bridgehead atoms. The summed E-state index contributed by atoms with van der Waals surface area (Å²) in [5.41, 5.74) is 2.22. The fourth-order valence-electron chi connectivity index (χ4n) is 2.12. The van der Waals surface area contributed by atoms with E-state index in [9.17, 15) is 9.59 Å². The summed E-state index contributed by atoms with van der Waals surface area (Å²) in [6, 6.07) is 6.05. The largest absolute Gasteiger partial charge is 0.497 e. The number of carbonyl (C=O) groups is 2. The number of amides is 1. The highest BCUT2D eigenvalue weighted by molar-refractivity contribution is 5.98. The fourth-order valence-corrected chi connectivity index (χ4v) is 2.12. The molecule has 0 fully saturated rings. The molecule has 1 aromatic heterocycles. The number of rotatable bonds is 7. The summed E-state index contributed by atoms with van der Waals surface area (Å²) < 4.78 is 5.03. The predicted molar refractivity (Wildman–Crippen MR) is 89.8 cm³/mol. The van der Waals surface area contributed by atoms with Crippen LogP contribution >= 0.6 is 0 Å². The first-order valence-corrected chi connectivity index (χ1v) is 7.36. The van der Waals surface area contributed by atoms with Gasteiger partial charge < -0.3 is 20.5 Å². The van der Waals surface area contributed by atoms with Crippen molar-refractivity contribution in [2.24, 2.45) is 0 Å². The lowest BCUT2D eigenvalue weighted by molar-refractivity contribution is 0.0696. The molecule has 0 atom stereocenters. The molecule has 24 heavy (non-hydrogen) atoms. The standard InChI is InChI=1S/C17H19N3O4/c1-11-10-18-4-3-15(11)19-5-6-20-16(21)12-7-13(17(22)23)9-14(8-12)24-2/h3-4,7-10H,5-6H2,1-2H3,(H,18,19)(H,20,21)(H,22,23). The van der Waals surface area contributed by atoms with E-state index in [2.05, 4.69) is 15.6 Å². The van der Waals surface area contributed by atoms with Crippen LogP contribution in [0.1, 0.15) is 26.3 Å². The van der Waals surface area contributed by atoms with Gasteiger partial charge in [0, 0.05) is 36.7 Å². The van der Waals surface area contributed by atoms with Crippen LogP contribution in [0.2, 0.25) is 0 Å². The lowest BCUT2D eigenvalue weighted by Gasteiger charge is -2.11. The van der Waals surface area contributed by atoms with Gasteiger partial charge in [-0.3, -0.25) is 9.78 Å². The van der Waals surface area contributed by atoms with Gasteiger partial charge >= 0.3 is 5.97 Å². The number of pyridine rings is 1. The number of hydrogen-bond donors (Lipinski definition) is 3. The Bertz CT molecular complexity index is 746. The summed E-state index contributed by atoms with van der Waals surface area (Å²) in [5.74, 6) is -1.15. The summed E-state index contributed by atoms with van der Waals surface area (Å²) in [4.78, 5) is 27.3. The Balaban J connectivity index is 1.94. The van der Waals surface area contributed by atoms with Crippen molar-refractivity contribution in [2.45, 2.75) is 6.92 Å². The summed E-state index contributed by atoms with van der Waals surface area (Å²) in [7, 11) is 1.42. The molecule has 1 amide bonds. The monoisotopic (exact) mass is 329 g/mol. The summed E-state index contributed by atoms with van der Waals surface area (Å²) in [5, 5.41) is 15.0. The van der Waals surface area contributed by atoms with Crippen molar-refractivity contribution in [3.63, 3.8) is 0 Å². The first-order valence-electron chi connectivity index (χ1n) is 7.36. The average molecular weight is 329 g/mol. The summed E-state index contributed by atoms with van der Waals surface area (Å²) in [6.07, 6.45) is 3.45. The molecule has 0 aliphatic carbocycles. The minimum absolute atomic E-state index is 0.00466. The lowest BCUT2D eigenvalue weighted by Crippen LogP contribution is -2.29. The molecule has 126 valence electrons. The number of aromatic nitrogens is 1. The predicted octanol–water partition coefficient (Wildman–Crippen LogP) is 1.94. The van der Waals surface area contributed by atoms with Gasteiger partial charge in [-0.1, -0.05) is 0 Å². The molecular weight excluding hydrogens is 310 g/mol. The van der Waals surface area contributed by atoms with Gasteiger partial charge in [0.05, 0.1) is 12.7 Å². The smallest absolute Gasteiger partial charge is 0.335 e. The van der Waals surface area contributed by atoms with Crippen LogP contribution in [-0.4, -0.2) is 42.2 Å². The van der Waals surface area contributed by atoms with E-state index in [1.165, 1.54) is 25.3 Å². The first-order chi connectivity index (χ1) is 11.5. The van der Waals surface area contributed by atoms with Crippen LogP contribution in [0.3, 0.4) is 0 Å². The van der Waals surface area contributed by atoms with E-state index in [4.69, 9.17) is 9.84 Å². The van der Waals surface area contributed by atoms with Gasteiger partial charge in [-0.25, -0.2) is 4.79 Å². The Kier molecular flexibility index (Phi) is 5.73. The number of nitrogens with zero attached hydrogens (tertiary/aromatic N) is 1. The van der Waals surface area contributed by atoms with Gasteiger partial charge in [-0.2, -0.15) is 0 Å². The van der Waals surface area contributed by atoms with Crippen molar-refractivity contribution in [3.05, 3.63) is 53.3 Å². The molecule has 0 spiro atoms. The Hall–Kier alpha value is -3.09. The quantitative estimate of drug-likeness (QED) is 0.671. The molecule has 0 aliphatic heterocycles. The van der Waals surface area contributed by atoms with Gasteiger partial charge in [0.2, 0.25) is 0 Å². The lowest BCUT2D eigenvalue weighted by atomic mass is 10.1. The third-order valence-electron chi connectivity index (χ3n) is 3.40. The number of ether oxygens (including phenoxy) is 1. The van der Waals surface area contributed by atoms with Crippen LogP contribution in [0.4, 0.5) is 5.69 Å². The molecule has 0 saturated carbocycles. The highest BCUT2D eigenvalue weighted by atomic mass is 16.5. The van der Waals surface area contributed by atoms with E-state index >= 15 is 0 Å². The molecule has 2 rings (SSSR count). The fraction of sp³-hybridized carbons (Fsp3) is 0.235. The van der Waals surface area contributed by atoms with Crippen molar-refractivity contribution < 1.29 is 19.4 Å². The van der Waals surface area contributed by atoms with Gasteiger partial charge in [-0.15, -0.1) is 0 Å². The van der Waals surface area contributed by atoms with Crippen molar-refractivity contribution >= 4 is 17.6 Å². The zero-order valence-corrected chi connectivity index (χ0v) is 13.5. The molecule has 0 radical (unpaired) electrons. The second-order valence-corrected chi connectivity index (χ2v) is 5.13. The zero-order valence-electron chi connectivity index (χ0n) is 13.5. The number of nitrogens with one attached hydrogen (secondary N) is 2. The average Bonchev–Trinajstić information content (AvgIpc) is 2.59. The maximum atomic E-state index is 12.2. The molecule has 7 nitrogen and oxygen atoms in total. The SMILES string of the molecule is COc1cc(C(=O)O)cc(C(=O)NCCNc2ccncc2C)c1. The molecule has 3 N–H and O–H groups in total. The maximum absolute atomic E-state index is 12.2. The van der Waals surface area contributed by atoms with E-state index in [1.54, 1.807) is 12.4 Å². The van der Waals surface area contributed by atoms with Crippen molar-refractivity contribution in [1.29, 1.82) is 0 Å². The number of carboxylic acids is 1. The summed E-state index contributed by atoms with van der Waals surface area (Å²) >= 11 is 0. The molecule has 1 heterocycles. The first kappa shape index (κ1) is 17.3. The number of aryl methyl sites for hydroxylation is 1. The minimum Gasteiger partial charge on any atom is -0.497 e. The molecule has 7 heteroatoms. The Morgan fingerprint density at radius 3 is 2.62 bits per heavy atom. The van der Waals surface area contributed by atoms with Gasteiger partial charge in [-0.05, 0) is 36.8 Å². The number of aromatic carboxylic acids is 1. The number of methoxy groups -OCH3 is 1. The summed E-state index contributed by atoms with van der Waals surface area (Å²) in [6.45, 7) is 2.87. The zero-order chi connectivity index (χ0) is 17.5. The van der Waals surface area contributed by atoms with E-state index in [-0.39, 0.29) is 17.0 Å². The van der Waals surface area contributed by atoms with Crippen LogP contribution in [0.25, 0.3) is 0 Å². The Morgan fingerprint density at radius 2 is 1.96 bits per heavy atom. The molecule has 0 aliphatic rings. The van der Waals surface area contributed by atoms with Gasteiger partial charge in [0.1, 0.15) is 5.75 Å². The molecule has 0 unspecified atom stereocenters. The topological polar surface area (TPSA) is 101 Å². The van der Waals surface area contributed by atoms with Crippen molar-refractivity contribution in [2.75, 3.05) is 25.5 Å². The van der Waals surface area contributed by atoms with Crippen LogP contribution in [0, 0.1) is 6.92 Å². The third-order valence-corrected chi connectivity index (χ3v) is 3.40. The van der Waals surface area contributed by atoms with Crippen LogP contribution in [-0.2, 0) is 0 Å². The highest BCUT2D eigenvalue weighted by Crippen LogP contribution is 2.17. The highest BCUT2D eigenvalue weighted by Gasteiger charge is 2.12.